The molecular formula is C15H23N3S2. The van der Waals surface area contributed by atoms with E-state index in [1.165, 1.54) is 10.3 Å². The largest absolute Gasteiger partial charge is 0.369 e. The standard InChI is InChI=1S/C15H23N3S2/c1-5-6-16-14-12-7-11(4)20-15(12)18-13(17-14)9-19-8-10(2)3/h7,10H,5-6,8-9H2,1-4H3,(H,16,17,18). The maximum atomic E-state index is 4.71. The molecule has 0 atom stereocenters. The van der Waals surface area contributed by atoms with Gasteiger partial charge < -0.3 is 5.32 Å². The first-order valence-corrected chi connectivity index (χ1v) is 9.16. The lowest BCUT2D eigenvalue weighted by molar-refractivity contribution is 0.750. The van der Waals surface area contributed by atoms with Crippen molar-refractivity contribution >= 4 is 39.1 Å². The van der Waals surface area contributed by atoms with Crippen LogP contribution in [0.2, 0.25) is 0 Å². The van der Waals surface area contributed by atoms with Gasteiger partial charge in [0.05, 0.1) is 11.1 Å². The van der Waals surface area contributed by atoms with E-state index in [1.807, 2.05) is 11.8 Å². The summed E-state index contributed by atoms with van der Waals surface area (Å²) in [6.07, 6.45) is 1.10. The Balaban J connectivity index is 2.21. The Hall–Kier alpha value is -0.810. The van der Waals surface area contributed by atoms with Crippen molar-refractivity contribution < 1.29 is 0 Å². The molecule has 0 aromatic carbocycles. The number of aromatic nitrogens is 2. The zero-order valence-corrected chi connectivity index (χ0v) is 14.3. The van der Waals surface area contributed by atoms with Crippen LogP contribution in [0.5, 0.6) is 0 Å². The maximum absolute atomic E-state index is 4.71. The smallest absolute Gasteiger partial charge is 0.142 e. The van der Waals surface area contributed by atoms with Crippen molar-refractivity contribution in [3.8, 4) is 0 Å². The Morgan fingerprint density at radius 3 is 2.85 bits per heavy atom. The molecule has 0 radical (unpaired) electrons. The molecule has 0 saturated heterocycles. The molecule has 0 unspecified atom stereocenters. The van der Waals surface area contributed by atoms with Crippen LogP contribution in [-0.2, 0) is 5.75 Å². The molecule has 0 fully saturated rings. The summed E-state index contributed by atoms with van der Waals surface area (Å²) in [6.45, 7) is 9.74. The lowest BCUT2D eigenvalue weighted by atomic mass is 10.3. The summed E-state index contributed by atoms with van der Waals surface area (Å²) in [5.74, 6) is 4.71. The minimum Gasteiger partial charge on any atom is -0.369 e. The monoisotopic (exact) mass is 309 g/mol. The molecule has 1 N–H and O–H groups in total. The SMILES string of the molecule is CCCNc1nc(CSCC(C)C)nc2sc(C)cc12. The Morgan fingerprint density at radius 1 is 1.35 bits per heavy atom. The fourth-order valence-corrected chi connectivity index (χ4v) is 3.71. The number of nitrogens with one attached hydrogen (secondary N) is 1. The summed E-state index contributed by atoms with van der Waals surface area (Å²) >= 11 is 3.67. The molecule has 0 aliphatic rings. The van der Waals surface area contributed by atoms with Crippen LogP contribution in [0.4, 0.5) is 5.82 Å². The highest BCUT2D eigenvalue weighted by Crippen LogP contribution is 2.29. The van der Waals surface area contributed by atoms with Gasteiger partial charge in [-0.05, 0) is 31.1 Å². The average molecular weight is 310 g/mol. The average Bonchev–Trinajstić information content (AvgIpc) is 2.76. The van der Waals surface area contributed by atoms with Gasteiger partial charge in [-0.2, -0.15) is 11.8 Å². The van der Waals surface area contributed by atoms with Crippen LogP contribution in [0.1, 0.15) is 37.9 Å². The van der Waals surface area contributed by atoms with Gasteiger partial charge in [-0.15, -0.1) is 11.3 Å². The van der Waals surface area contributed by atoms with Gasteiger partial charge in [0.15, 0.2) is 0 Å². The van der Waals surface area contributed by atoms with Crippen LogP contribution < -0.4 is 5.32 Å². The fourth-order valence-electron chi connectivity index (χ4n) is 1.91. The third-order valence-electron chi connectivity index (χ3n) is 2.79. The van der Waals surface area contributed by atoms with Crippen molar-refractivity contribution in [3.05, 3.63) is 16.8 Å². The molecule has 2 aromatic heterocycles. The minimum absolute atomic E-state index is 0.713. The molecule has 0 aliphatic heterocycles. The summed E-state index contributed by atoms with van der Waals surface area (Å²) in [4.78, 5) is 11.8. The van der Waals surface area contributed by atoms with Gasteiger partial charge in [0.25, 0.3) is 0 Å². The van der Waals surface area contributed by atoms with Gasteiger partial charge >= 0.3 is 0 Å². The summed E-state index contributed by atoms with van der Waals surface area (Å²) in [6, 6.07) is 2.18. The van der Waals surface area contributed by atoms with Crippen molar-refractivity contribution in [2.45, 2.75) is 39.9 Å². The number of anilines is 1. The lowest BCUT2D eigenvalue weighted by Crippen LogP contribution is -2.05. The first-order valence-electron chi connectivity index (χ1n) is 7.18. The number of aryl methyl sites for hydroxylation is 1. The van der Waals surface area contributed by atoms with Crippen LogP contribution in [-0.4, -0.2) is 22.3 Å². The maximum Gasteiger partial charge on any atom is 0.142 e. The molecule has 0 saturated carbocycles. The van der Waals surface area contributed by atoms with Gasteiger partial charge in [-0.25, -0.2) is 9.97 Å². The summed E-state index contributed by atoms with van der Waals surface area (Å²) in [5.41, 5.74) is 0. The van der Waals surface area contributed by atoms with Crippen molar-refractivity contribution in [1.29, 1.82) is 0 Å². The Labute approximate surface area is 129 Å². The second kappa shape index (κ2) is 7.27. The van der Waals surface area contributed by atoms with Crippen molar-refractivity contribution in [3.63, 3.8) is 0 Å². The molecule has 0 aliphatic carbocycles. The topological polar surface area (TPSA) is 37.8 Å². The Bertz CT molecular complexity index is 563. The second-order valence-corrected chi connectivity index (χ2v) is 7.67. The van der Waals surface area contributed by atoms with E-state index < -0.39 is 0 Å². The van der Waals surface area contributed by atoms with Crippen LogP contribution in [0.15, 0.2) is 6.07 Å². The molecule has 0 spiro atoms. The summed E-state index contributed by atoms with van der Waals surface area (Å²) < 4.78 is 0. The van der Waals surface area contributed by atoms with E-state index in [0.717, 1.165) is 40.9 Å². The number of fused-ring (bicyclic) bond motifs is 1. The highest BCUT2D eigenvalue weighted by molar-refractivity contribution is 7.98. The molecule has 2 heterocycles. The number of rotatable bonds is 7. The van der Waals surface area contributed by atoms with Crippen LogP contribution >= 0.6 is 23.1 Å². The molecule has 3 nitrogen and oxygen atoms in total. The summed E-state index contributed by atoms with van der Waals surface area (Å²) in [5, 5.41) is 4.60. The first-order chi connectivity index (χ1) is 9.60. The zero-order valence-electron chi connectivity index (χ0n) is 12.7. The van der Waals surface area contributed by atoms with Gasteiger partial charge in [0, 0.05) is 11.4 Å². The molecular weight excluding hydrogens is 286 g/mol. The third-order valence-corrected chi connectivity index (χ3v) is 5.10. The predicted octanol–water partition coefficient (Wildman–Crippen LogP) is 4.71. The van der Waals surface area contributed by atoms with Crippen molar-refractivity contribution in [1.82, 2.24) is 9.97 Å². The van der Waals surface area contributed by atoms with Gasteiger partial charge in [-0.1, -0.05) is 20.8 Å². The van der Waals surface area contributed by atoms with Crippen LogP contribution in [0.3, 0.4) is 0 Å². The number of thiophene rings is 1. The zero-order chi connectivity index (χ0) is 14.5. The third kappa shape index (κ3) is 4.09. The predicted molar refractivity (Wildman–Crippen MR) is 91.9 cm³/mol. The molecule has 20 heavy (non-hydrogen) atoms. The quantitative estimate of drug-likeness (QED) is 0.803. The number of thioether (sulfide) groups is 1. The number of nitrogens with zero attached hydrogens (tertiary/aromatic N) is 2. The highest BCUT2D eigenvalue weighted by Gasteiger charge is 2.10. The highest BCUT2D eigenvalue weighted by atomic mass is 32.2. The summed E-state index contributed by atoms with van der Waals surface area (Å²) in [7, 11) is 0. The molecule has 0 bridgehead atoms. The van der Waals surface area contributed by atoms with Gasteiger partial charge in [0.1, 0.15) is 16.5 Å². The lowest BCUT2D eigenvalue weighted by Gasteiger charge is -2.08. The molecule has 2 aromatic rings. The van der Waals surface area contributed by atoms with E-state index >= 15 is 0 Å². The van der Waals surface area contributed by atoms with Crippen molar-refractivity contribution in [2.75, 3.05) is 17.6 Å². The fraction of sp³-hybridized carbons (Fsp3) is 0.600. The molecule has 2 rings (SSSR count). The second-order valence-electron chi connectivity index (χ2n) is 5.40. The van der Waals surface area contributed by atoms with E-state index in [4.69, 9.17) is 9.97 Å². The minimum atomic E-state index is 0.713. The van der Waals surface area contributed by atoms with E-state index in [2.05, 4.69) is 39.1 Å². The van der Waals surface area contributed by atoms with Gasteiger partial charge in [0.2, 0.25) is 0 Å². The Kier molecular flexibility index (Phi) is 5.66. The van der Waals surface area contributed by atoms with E-state index in [9.17, 15) is 0 Å². The first kappa shape index (κ1) is 15.6. The Morgan fingerprint density at radius 2 is 2.15 bits per heavy atom. The molecule has 110 valence electrons. The number of hydrogen-bond donors (Lipinski definition) is 1. The molecule has 5 heteroatoms. The van der Waals surface area contributed by atoms with Crippen LogP contribution in [0.25, 0.3) is 10.2 Å². The number of hydrogen-bond acceptors (Lipinski definition) is 5. The van der Waals surface area contributed by atoms with E-state index in [1.54, 1.807) is 11.3 Å². The molecule has 0 amide bonds. The van der Waals surface area contributed by atoms with E-state index in [0.29, 0.717) is 5.92 Å². The van der Waals surface area contributed by atoms with Crippen molar-refractivity contribution in [2.24, 2.45) is 5.92 Å². The normalized spacial score (nSPS) is 11.4. The van der Waals surface area contributed by atoms with Gasteiger partial charge in [-0.3, -0.25) is 0 Å². The van der Waals surface area contributed by atoms with Crippen LogP contribution in [0, 0.1) is 12.8 Å². The van der Waals surface area contributed by atoms with E-state index in [-0.39, 0.29) is 0 Å².